The number of nitrogens with zero attached hydrogens (tertiary/aromatic N) is 2. The van der Waals surface area contributed by atoms with Crippen LogP contribution in [0, 0.1) is 0 Å². The first-order valence-electron chi connectivity index (χ1n) is 8.20. The van der Waals surface area contributed by atoms with E-state index in [1.54, 1.807) is 6.07 Å². The number of benzene rings is 2. The number of aromatic nitrogens is 2. The highest BCUT2D eigenvalue weighted by atomic mass is 35.5. The Morgan fingerprint density at radius 1 is 0.920 bits per heavy atom. The fourth-order valence-corrected chi connectivity index (χ4v) is 3.78. The van der Waals surface area contributed by atoms with Crippen LogP contribution < -0.4 is 5.32 Å². The first kappa shape index (κ1) is 16.8. The maximum atomic E-state index is 6.43. The van der Waals surface area contributed by atoms with E-state index in [1.807, 2.05) is 41.1 Å². The first-order chi connectivity index (χ1) is 12.1. The third-order valence-corrected chi connectivity index (χ3v) is 5.17. The third kappa shape index (κ3) is 3.24. The van der Waals surface area contributed by atoms with Crippen LogP contribution >= 0.6 is 34.8 Å². The summed E-state index contributed by atoms with van der Waals surface area (Å²) in [5, 5.41) is 10.3. The topological polar surface area (TPSA) is 29.9 Å². The lowest BCUT2D eigenvalue weighted by Crippen LogP contribution is -2.07. The molecule has 2 heterocycles. The van der Waals surface area contributed by atoms with Crippen LogP contribution in [0.3, 0.4) is 0 Å². The van der Waals surface area contributed by atoms with Crippen LogP contribution in [0.5, 0.6) is 0 Å². The van der Waals surface area contributed by atoms with Crippen molar-refractivity contribution in [1.29, 1.82) is 0 Å². The van der Waals surface area contributed by atoms with Gasteiger partial charge in [-0.05, 0) is 49.6 Å². The second kappa shape index (κ2) is 6.91. The van der Waals surface area contributed by atoms with E-state index in [-0.39, 0.29) is 0 Å². The van der Waals surface area contributed by atoms with Crippen LogP contribution in [0.2, 0.25) is 15.1 Å². The van der Waals surface area contributed by atoms with Crippen LogP contribution in [0.1, 0.15) is 18.4 Å². The Hall–Kier alpha value is -1.68. The zero-order valence-electron chi connectivity index (χ0n) is 13.4. The molecule has 3 aromatic rings. The first-order valence-corrected chi connectivity index (χ1v) is 9.34. The average Bonchev–Trinajstić information content (AvgIpc) is 2.78. The summed E-state index contributed by atoms with van der Waals surface area (Å²) in [7, 11) is 0. The van der Waals surface area contributed by atoms with E-state index in [0.717, 1.165) is 48.6 Å². The van der Waals surface area contributed by atoms with Crippen molar-refractivity contribution in [3.8, 4) is 16.9 Å². The molecular weight excluding hydrogens is 377 g/mol. The Labute approximate surface area is 161 Å². The van der Waals surface area contributed by atoms with E-state index in [4.69, 9.17) is 39.9 Å². The second-order valence-corrected chi connectivity index (χ2v) is 7.35. The van der Waals surface area contributed by atoms with Gasteiger partial charge in [-0.25, -0.2) is 4.68 Å². The smallest absolute Gasteiger partial charge is 0.133 e. The minimum absolute atomic E-state index is 0.575. The molecule has 128 valence electrons. The minimum atomic E-state index is 0.575. The Morgan fingerprint density at radius 3 is 2.44 bits per heavy atom. The summed E-state index contributed by atoms with van der Waals surface area (Å²) in [6.07, 6.45) is 3.23. The van der Waals surface area contributed by atoms with Crippen molar-refractivity contribution in [1.82, 2.24) is 9.78 Å². The Balaban J connectivity index is 1.91. The summed E-state index contributed by atoms with van der Waals surface area (Å²) in [5.41, 5.74) is 4.04. The van der Waals surface area contributed by atoms with Gasteiger partial charge in [0.2, 0.25) is 0 Å². The molecule has 0 fully saturated rings. The van der Waals surface area contributed by atoms with Gasteiger partial charge in [-0.15, -0.1) is 0 Å². The zero-order chi connectivity index (χ0) is 17.4. The molecular formula is C19H16Cl3N3. The summed E-state index contributed by atoms with van der Waals surface area (Å²) >= 11 is 18.5. The lowest BCUT2D eigenvalue weighted by molar-refractivity contribution is 0.780. The van der Waals surface area contributed by atoms with Crippen LogP contribution in [0.4, 0.5) is 5.82 Å². The van der Waals surface area contributed by atoms with Gasteiger partial charge < -0.3 is 5.32 Å². The Kier molecular flexibility index (Phi) is 4.63. The molecule has 2 aromatic carbocycles. The Morgan fingerprint density at radius 2 is 1.68 bits per heavy atom. The van der Waals surface area contributed by atoms with Crippen molar-refractivity contribution in [3.63, 3.8) is 0 Å². The number of rotatable bonds is 2. The van der Waals surface area contributed by atoms with Gasteiger partial charge in [0.05, 0.1) is 16.4 Å². The molecule has 0 saturated carbocycles. The van der Waals surface area contributed by atoms with Crippen molar-refractivity contribution in [2.45, 2.75) is 19.3 Å². The molecule has 0 unspecified atom stereocenters. The van der Waals surface area contributed by atoms with Crippen molar-refractivity contribution in [2.24, 2.45) is 0 Å². The summed E-state index contributed by atoms with van der Waals surface area (Å²) in [4.78, 5) is 0. The van der Waals surface area contributed by atoms with Gasteiger partial charge in [0, 0.05) is 27.7 Å². The summed E-state index contributed by atoms with van der Waals surface area (Å²) in [6, 6.07) is 13.3. The number of fused-ring (bicyclic) bond motifs is 1. The molecule has 0 atom stereocenters. The monoisotopic (exact) mass is 391 g/mol. The summed E-state index contributed by atoms with van der Waals surface area (Å²) in [6.45, 7) is 0.921. The maximum absolute atomic E-state index is 6.43. The molecule has 0 radical (unpaired) electrons. The molecule has 0 aliphatic carbocycles. The van der Waals surface area contributed by atoms with Gasteiger partial charge in [0.25, 0.3) is 0 Å². The summed E-state index contributed by atoms with van der Waals surface area (Å²) < 4.78 is 1.89. The lowest BCUT2D eigenvalue weighted by atomic mass is 10.0. The highest BCUT2D eigenvalue weighted by Crippen LogP contribution is 2.36. The van der Waals surface area contributed by atoms with E-state index in [0.29, 0.717) is 15.1 Å². The van der Waals surface area contributed by atoms with Crippen LogP contribution in [0.15, 0.2) is 42.5 Å². The number of hydrogen-bond donors (Lipinski definition) is 1. The zero-order valence-corrected chi connectivity index (χ0v) is 15.7. The quantitative estimate of drug-likeness (QED) is 0.559. The van der Waals surface area contributed by atoms with E-state index in [9.17, 15) is 0 Å². The van der Waals surface area contributed by atoms with E-state index >= 15 is 0 Å². The largest absolute Gasteiger partial charge is 0.370 e. The molecule has 0 amide bonds. The lowest BCUT2D eigenvalue weighted by Gasteiger charge is -2.10. The number of hydrogen-bond acceptors (Lipinski definition) is 2. The SMILES string of the molecule is Clc1ccc(-c2nn(-c3ccc(Cl)cc3Cl)c3c2CCCCN3)cc1. The van der Waals surface area contributed by atoms with Gasteiger partial charge in [-0.3, -0.25) is 0 Å². The molecule has 0 bridgehead atoms. The predicted octanol–water partition coefficient (Wildman–Crippen LogP) is 6.25. The normalized spacial score (nSPS) is 13.9. The van der Waals surface area contributed by atoms with Crippen molar-refractivity contribution in [3.05, 3.63) is 63.1 Å². The second-order valence-electron chi connectivity index (χ2n) is 6.07. The van der Waals surface area contributed by atoms with Crippen LogP contribution in [0.25, 0.3) is 16.9 Å². The fourth-order valence-electron chi connectivity index (χ4n) is 3.17. The van der Waals surface area contributed by atoms with Crippen molar-refractivity contribution < 1.29 is 0 Å². The molecule has 1 aliphatic heterocycles. The molecule has 3 nitrogen and oxygen atoms in total. The highest BCUT2D eigenvalue weighted by Gasteiger charge is 2.22. The molecule has 1 N–H and O–H groups in total. The van der Waals surface area contributed by atoms with E-state index < -0.39 is 0 Å². The number of nitrogens with one attached hydrogen (secondary N) is 1. The molecule has 6 heteroatoms. The standard InChI is InChI=1S/C19H16Cl3N3/c20-13-6-4-12(5-7-13)18-15-3-1-2-10-23-19(15)25(24-18)17-9-8-14(21)11-16(17)22/h4-9,11,23H,1-3,10H2. The fraction of sp³-hybridized carbons (Fsp3) is 0.211. The molecule has 1 aromatic heterocycles. The number of halogens is 3. The van der Waals surface area contributed by atoms with Gasteiger partial charge in [-0.2, -0.15) is 5.10 Å². The van der Waals surface area contributed by atoms with Crippen molar-refractivity contribution >= 4 is 40.6 Å². The van der Waals surface area contributed by atoms with Gasteiger partial charge in [0.1, 0.15) is 5.82 Å². The van der Waals surface area contributed by atoms with Gasteiger partial charge in [-0.1, -0.05) is 46.9 Å². The minimum Gasteiger partial charge on any atom is -0.370 e. The maximum Gasteiger partial charge on any atom is 0.133 e. The Bertz CT molecular complexity index is 916. The van der Waals surface area contributed by atoms with Crippen LogP contribution in [-0.2, 0) is 6.42 Å². The van der Waals surface area contributed by atoms with E-state index in [1.165, 1.54) is 5.56 Å². The predicted molar refractivity (Wildman–Crippen MR) is 105 cm³/mol. The molecule has 1 aliphatic rings. The van der Waals surface area contributed by atoms with Crippen LogP contribution in [-0.4, -0.2) is 16.3 Å². The van der Waals surface area contributed by atoms with Gasteiger partial charge >= 0.3 is 0 Å². The number of anilines is 1. The molecule has 25 heavy (non-hydrogen) atoms. The van der Waals surface area contributed by atoms with Gasteiger partial charge in [0.15, 0.2) is 0 Å². The third-order valence-electron chi connectivity index (χ3n) is 4.39. The average molecular weight is 393 g/mol. The van der Waals surface area contributed by atoms with Crippen molar-refractivity contribution in [2.75, 3.05) is 11.9 Å². The summed E-state index contributed by atoms with van der Waals surface area (Å²) in [5.74, 6) is 1.01. The molecule has 0 saturated heterocycles. The molecule has 0 spiro atoms. The van der Waals surface area contributed by atoms with E-state index in [2.05, 4.69) is 5.32 Å². The highest BCUT2D eigenvalue weighted by molar-refractivity contribution is 6.35. The molecule has 4 rings (SSSR count).